The second kappa shape index (κ2) is 7.09. The third-order valence-corrected chi connectivity index (χ3v) is 4.09. The van der Waals surface area contributed by atoms with Crippen molar-refractivity contribution >= 4 is 35.0 Å². The molecule has 8 heteroatoms. The van der Waals surface area contributed by atoms with Crippen molar-refractivity contribution in [1.82, 2.24) is 15.2 Å². The standard InChI is InChI=1S/C14H11Cl2N3O2S/c15-9-3-1-4-10(16)12(9)20-7-8-22-14-19-18-13(21-14)11-5-2-6-17-11/h1-6,17H,7-8H2. The van der Waals surface area contributed by atoms with Gasteiger partial charge in [-0.25, -0.2) is 0 Å². The Labute approximate surface area is 141 Å². The van der Waals surface area contributed by atoms with E-state index in [2.05, 4.69) is 15.2 Å². The molecule has 3 rings (SSSR count). The van der Waals surface area contributed by atoms with Crippen molar-refractivity contribution in [2.75, 3.05) is 12.4 Å². The lowest BCUT2D eigenvalue weighted by Gasteiger charge is -2.08. The van der Waals surface area contributed by atoms with Gasteiger partial charge in [0.2, 0.25) is 0 Å². The molecule has 0 fully saturated rings. The quantitative estimate of drug-likeness (QED) is 0.519. The van der Waals surface area contributed by atoms with E-state index in [1.807, 2.05) is 12.1 Å². The number of hydrogen-bond donors (Lipinski definition) is 1. The van der Waals surface area contributed by atoms with Crippen molar-refractivity contribution in [2.24, 2.45) is 0 Å². The number of ether oxygens (including phenoxy) is 1. The fourth-order valence-electron chi connectivity index (χ4n) is 1.73. The van der Waals surface area contributed by atoms with Crippen molar-refractivity contribution in [3.63, 3.8) is 0 Å². The minimum atomic E-state index is 0.425. The lowest BCUT2D eigenvalue weighted by atomic mass is 10.3. The highest BCUT2D eigenvalue weighted by molar-refractivity contribution is 7.99. The molecule has 22 heavy (non-hydrogen) atoms. The van der Waals surface area contributed by atoms with E-state index in [1.165, 1.54) is 11.8 Å². The number of aromatic nitrogens is 3. The van der Waals surface area contributed by atoms with Crippen LogP contribution in [0.5, 0.6) is 5.75 Å². The summed E-state index contributed by atoms with van der Waals surface area (Å²) in [5.41, 5.74) is 0.790. The summed E-state index contributed by atoms with van der Waals surface area (Å²) in [5.74, 6) is 1.58. The van der Waals surface area contributed by atoms with Crippen LogP contribution < -0.4 is 4.74 Å². The Hall–Kier alpha value is -1.63. The Kier molecular flexibility index (Phi) is 4.92. The number of rotatable bonds is 6. The lowest BCUT2D eigenvalue weighted by Crippen LogP contribution is -2.01. The molecule has 0 atom stereocenters. The average Bonchev–Trinajstić information content (AvgIpc) is 3.17. The third-order valence-electron chi connectivity index (χ3n) is 2.71. The minimum absolute atomic E-state index is 0.425. The lowest BCUT2D eigenvalue weighted by molar-refractivity contribution is 0.343. The zero-order chi connectivity index (χ0) is 15.4. The van der Waals surface area contributed by atoms with E-state index >= 15 is 0 Å². The van der Waals surface area contributed by atoms with Gasteiger partial charge in [-0.15, -0.1) is 10.2 Å². The van der Waals surface area contributed by atoms with Gasteiger partial charge in [0.1, 0.15) is 5.69 Å². The SMILES string of the molecule is Clc1cccc(Cl)c1OCCSc1nnc(-c2ccc[nH]2)o1. The normalized spacial score (nSPS) is 10.8. The Morgan fingerprint density at radius 2 is 1.95 bits per heavy atom. The van der Waals surface area contributed by atoms with Crippen LogP contribution in [-0.4, -0.2) is 27.5 Å². The van der Waals surface area contributed by atoms with Gasteiger partial charge in [0, 0.05) is 11.9 Å². The number of H-pyrrole nitrogens is 1. The number of thioether (sulfide) groups is 1. The molecule has 2 heterocycles. The van der Waals surface area contributed by atoms with Gasteiger partial charge < -0.3 is 14.1 Å². The third kappa shape index (κ3) is 3.58. The summed E-state index contributed by atoms with van der Waals surface area (Å²) in [6.45, 7) is 0.425. The van der Waals surface area contributed by atoms with E-state index in [9.17, 15) is 0 Å². The van der Waals surface area contributed by atoms with Gasteiger partial charge in [-0.3, -0.25) is 0 Å². The van der Waals surface area contributed by atoms with Crippen LogP contribution in [0.25, 0.3) is 11.6 Å². The molecule has 0 unspecified atom stereocenters. The largest absolute Gasteiger partial charge is 0.490 e. The highest BCUT2D eigenvalue weighted by atomic mass is 35.5. The Morgan fingerprint density at radius 3 is 2.68 bits per heavy atom. The summed E-state index contributed by atoms with van der Waals surface area (Å²) in [4.78, 5) is 3.01. The number of benzene rings is 1. The van der Waals surface area contributed by atoms with Crippen LogP contribution >= 0.6 is 35.0 Å². The van der Waals surface area contributed by atoms with E-state index in [4.69, 9.17) is 32.4 Å². The maximum atomic E-state index is 6.03. The Morgan fingerprint density at radius 1 is 1.14 bits per heavy atom. The van der Waals surface area contributed by atoms with E-state index in [1.54, 1.807) is 24.4 Å². The van der Waals surface area contributed by atoms with Crippen LogP contribution in [-0.2, 0) is 0 Å². The predicted octanol–water partition coefficient (Wildman–Crippen LogP) is 4.54. The first-order chi connectivity index (χ1) is 10.7. The van der Waals surface area contributed by atoms with E-state index < -0.39 is 0 Å². The zero-order valence-electron chi connectivity index (χ0n) is 11.3. The first-order valence-corrected chi connectivity index (χ1v) is 8.15. The summed E-state index contributed by atoms with van der Waals surface area (Å²) >= 11 is 13.5. The number of hydrogen-bond acceptors (Lipinski definition) is 5. The maximum Gasteiger partial charge on any atom is 0.277 e. The molecule has 1 aromatic carbocycles. The molecular weight excluding hydrogens is 345 g/mol. The van der Waals surface area contributed by atoms with Crippen LogP contribution in [0.15, 0.2) is 46.2 Å². The van der Waals surface area contributed by atoms with Crippen LogP contribution in [0, 0.1) is 0 Å². The van der Waals surface area contributed by atoms with Crippen molar-refractivity contribution in [3.8, 4) is 17.3 Å². The fraction of sp³-hybridized carbons (Fsp3) is 0.143. The minimum Gasteiger partial charge on any atom is -0.490 e. The Balaban J connectivity index is 1.51. The summed E-state index contributed by atoms with van der Waals surface area (Å²) in [7, 11) is 0. The van der Waals surface area contributed by atoms with Gasteiger partial charge in [-0.1, -0.05) is 41.0 Å². The van der Waals surface area contributed by atoms with Gasteiger partial charge in [0.05, 0.1) is 16.7 Å². The van der Waals surface area contributed by atoms with E-state index in [0.29, 0.717) is 39.3 Å². The van der Waals surface area contributed by atoms with Gasteiger partial charge in [0.15, 0.2) is 5.75 Å². The summed E-state index contributed by atoms with van der Waals surface area (Å²) in [6, 6.07) is 8.97. The summed E-state index contributed by atoms with van der Waals surface area (Å²) in [5, 5.41) is 9.41. The molecule has 2 aromatic heterocycles. The highest BCUT2D eigenvalue weighted by Crippen LogP contribution is 2.32. The first kappa shape index (κ1) is 15.3. The molecule has 0 amide bonds. The van der Waals surface area contributed by atoms with Gasteiger partial charge >= 0.3 is 0 Å². The monoisotopic (exact) mass is 355 g/mol. The van der Waals surface area contributed by atoms with Crippen molar-refractivity contribution in [1.29, 1.82) is 0 Å². The fourth-order valence-corrected chi connectivity index (χ4v) is 2.82. The van der Waals surface area contributed by atoms with Crippen molar-refractivity contribution in [3.05, 3.63) is 46.6 Å². The summed E-state index contributed by atoms with van der Waals surface area (Å²) < 4.78 is 11.1. The molecule has 0 aliphatic rings. The molecule has 0 bridgehead atoms. The molecule has 0 radical (unpaired) electrons. The molecule has 0 saturated heterocycles. The second-order valence-electron chi connectivity index (χ2n) is 4.20. The number of nitrogens with one attached hydrogen (secondary N) is 1. The molecular formula is C14H11Cl2N3O2S. The average molecular weight is 356 g/mol. The highest BCUT2D eigenvalue weighted by Gasteiger charge is 2.10. The predicted molar refractivity (Wildman–Crippen MR) is 86.8 cm³/mol. The van der Waals surface area contributed by atoms with Crippen LogP contribution in [0.4, 0.5) is 0 Å². The molecule has 0 saturated carbocycles. The molecule has 0 spiro atoms. The second-order valence-corrected chi connectivity index (χ2v) is 6.07. The molecule has 0 aliphatic heterocycles. The molecule has 114 valence electrons. The summed E-state index contributed by atoms with van der Waals surface area (Å²) in [6.07, 6.45) is 1.80. The molecule has 5 nitrogen and oxygen atoms in total. The maximum absolute atomic E-state index is 6.03. The zero-order valence-corrected chi connectivity index (χ0v) is 13.6. The van der Waals surface area contributed by atoms with E-state index in [0.717, 1.165) is 5.69 Å². The van der Waals surface area contributed by atoms with Gasteiger partial charge in [0.25, 0.3) is 11.1 Å². The molecule has 1 N–H and O–H groups in total. The van der Waals surface area contributed by atoms with Crippen molar-refractivity contribution < 1.29 is 9.15 Å². The molecule has 3 aromatic rings. The van der Waals surface area contributed by atoms with E-state index in [-0.39, 0.29) is 0 Å². The topological polar surface area (TPSA) is 63.9 Å². The molecule has 0 aliphatic carbocycles. The smallest absolute Gasteiger partial charge is 0.277 e. The van der Waals surface area contributed by atoms with Crippen LogP contribution in [0.1, 0.15) is 0 Å². The number of nitrogens with zero attached hydrogens (tertiary/aromatic N) is 2. The Bertz CT molecular complexity index is 726. The van der Waals surface area contributed by atoms with Gasteiger partial charge in [-0.2, -0.15) is 0 Å². The van der Waals surface area contributed by atoms with Crippen molar-refractivity contribution in [2.45, 2.75) is 5.22 Å². The van der Waals surface area contributed by atoms with Crippen LogP contribution in [0.3, 0.4) is 0 Å². The van der Waals surface area contributed by atoms with Crippen LogP contribution in [0.2, 0.25) is 10.0 Å². The number of aromatic amines is 1. The number of para-hydroxylation sites is 1. The first-order valence-electron chi connectivity index (χ1n) is 6.41. The van der Waals surface area contributed by atoms with Gasteiger partial charge in [-0.05, 0) is 24.3 Å². The number of halogens is 2.